The van der Waals surface area contributed by atoms with Crippen LogP contribution in [0.4, 0.5) is 4.39 Å². The van der Waals surface area contributed by atoms with Gasteiger partial charge in [-0.2, -0.15) is 0 Å². The van der Waals surface area contributed by atoms with Crippen molar-refractivity contribution in [1.82, 2.24) is 4.98 Å². The summed E-state index contributed by atoms with van der Waals surface area (Å²) in [5, 5.41) is 1.34. The monoisotopic (exact) mass is 286 g/mol. The summed E-state index contributed by atoms with van der Waals surface area (Å²) in [5.74, 6) is -0.392. The zero-order chi connectivity index (χ0) is 14.1. The molecule has 0 saturated carbocycles. The third-order valence-electron chi connectivity index (χ3n) is 3.28. The van der Waals surface area contributed by atoms with Crippen molar-refractivity contribution in [3.8, 4) is 0 Å². The highest BCUT2D eigenvalue weighted by molar-refractivity contribution is 6.30. The SMILES string of the molecule is NC(c1ccc2ncccc2c1)c1ccc(Cl)cc1F. The summed E-state index contributed by atoms with van der Waals surface area (Å²) in [4.78, 5) is 4.25. The lowest BCUT2D eigenvalue weighted by molar-refractivity contribution is 0.600. The molecule has 1 heterocycles. The Kier molecular flexibility index (Phi) is 3.38. The Morgan fingerprint density at radius 3 is 2.75 bits per heavy atom. The molecule has 3 aromatic rings. The van der Waals surface area contributed by atoms with Crippen molar-refractivity contribution >= 4 is 22.5 Å². The van der Waals surface area contributed by atoms with Gasteiger partial charge in [0.15, 0.2) is 0 Å². The molecule has 4 heteroatoms. The highest BCUT2D eigenvalue weighted by Gasteiger charge is 2.14. The normalized spacial score (nSPS) is 12.6. The van der Waals surface area contributed by atoms with Gasteiger partial charge < -0.3 is 5.73 Å². The van der Waals surface area contributed by atoms with Crippen LogP contribution in [0.3, 0.4) is 0 Å². The molecule has 0 fully saturated rings. The lowest BCUT2D eigenvalue weighted by Gasteiger charge is -2.14. The minimum absolute atomic E-state index is 0.362. The van der Waals surface area contributed by atoms with E-state index >= 15 is 0 Å². The van der Waals surface area contributed by atoms with E-state index in [1.165, 1.54) is 6.07 Å². The maximum Gasteiger partial charge on any atom is 0.129 e. The number of hydrogen-bond donors (Lipinski definition) is 1. The Balaban J connectivity index is 2.05. The second-order valence-electron chi connectivity index (χ2n) is 4.60. The van der Waals surface area contributed by atoms with Crippen LogP contribution in [0.1, 0.15) is 17.2 Å². The highest BCUT2D eigenvalue weighted by atomic mass is 35.5. The Bertz CT molecular complexity index is 773. The summed E-state index contributed by atoms with van der Waals surface area (Å²) in [5.41, 5.74) is 8.31. The standard InChI is InChI=1S/C16H12ClFN2/c17-12-4-5-13(14(18)9-12)16(19)11-3-6-15-10(8-11)2-1-7-20-15/h1-9,16H,19H2. The van der Waals surface area contributed by atoms with Crippen LogP contribution in [0.25, 0.3) is 10.9 Å². The van der Waals surface area contributed by atoms with Crippen LogP contribution >= 0.6 is 11.6 Å². The largest absolute Gasteiger partial charge is 0.320 e. The Hall–Kier alpha value is -1.97. The first kappa shape index (κ1) is 13.0. The molecule has 2 nitrogen and oxygen atoms in total. The van der Waals surface area contributed by atoms with Gasteiger partial charge in [-0.05, 0) is 35.9 Å². The van der Waals surface area contributed by atoms with E-state index in [-0.39, 0.29) is 0 Å². The van der Waals surface area contributed by atoms with Gasteiger partial charge in [0.1, 0.15) is 5.82 Å². The molecular formula is C16H12ClFN2. The Morgan fingerprint density at radius 2 is 1.95 bits per heavy atom. The number of nitrogens with two attached hydrogens (primary N) is 1. The number of benzene rings is 2. The molecule has 0 radical (unpaired) electrons. The summed E-state index contributed by atoms with van der Waals surface area (Å²) in [7, 11) is 0. The second kappa shape index (κ2) is 5.19. The third kappa shape index (κ3) is 2.38. The van der Waals surface area contributed by atoms with Crippen LogP contribution in [0.5, 0.6) is 0 Å². The van der Waals surface area contributed by atoms with Gasteiger partial charge in [-0.15, -0.1) is 0 Å². The molecule has 0 aliphatic rings. The maximum atomic E-state index is 13.9. The summed E-state index contributed by atoms with van der Waals surface area (Å²) < 4.78 is 13.9. The zero-order valence-corrected chi connectivity index (χ0v) is 11.3. The minimum Gasteiger partial charge on any atom is -0.320 e. The number of nitrogens with zero attached hydrogens (tertiary/aromatic N) is 1. The quantitative estimate of drug-likeness (QED) is 0.771. The third-order valence-corrected chi connectivity index (χ3v) is 3.52. The molecule has 1 atom stereocenters. The van der Waals surface area contributed by atoms with Crippen molar-refractivity contribution in [3.63, 3.8) is 0 Å². The van der Waals surface area contributed by atoms with E-state index in [0.717, 1.165) is 16.5 Å². The zero-order valence-electron chi connectivity index (χ0n) is 10.6. The van der Waals surface area contributed by atoms with Crippen molar-refractivity contribution in [2.45, 2.75) is 6.04 Å². The van der Waals surface area contributed by atoms with Gasteiger partial charge in [0.2, 0.25) is 0 Å². The molecule has 3 rings (SSSR count). The van der Waals surface area contributed by atoms with E-state index in [2.05, 4.69) is 4.98 Å². The molecule has 0 spiro atoms. The number of fused-ring (bicyclic) bond motifs is 1. The van der Waals surface area contributed by atoms with Crippen molar-refractivity contribution < 1.29 is 4.39 Å². The molecule has 100 valence electrons. The summed E-state index contributed by atoms with van der Waals surface area (Å²) in [6.45, 7) is 0. The first-order valence-corrected chi connectivity index (χ1v) is 6.58. The molecule has 0 aliphatic carbocycles. The molecule has 1 aromatic heterocycles. The number of aromatic nitrogens is 1. The predicted octanol–water partition coefficient (Wildman–Crippen LogP) is 4.08. The summed E-state index contributed by atoms with van der Waals surface area (Å²) in [6, 6.07) is 13.5. The lowest BCUT2D eigenvalue weighted by Crippen LogP contribution is -2.13. The minimum atomic E-state index is -0.531. The van der Waals surface area contributed by atoms with Crippen LogP contribution in [0.2, 0.25) is 5.02 Å². The van der Waals surface area contributed by atoms with E-state index in [9.17, 15) is 4.39 Å². The van der Waals surface area contributed by atoms with Crippen LogP contribution in [-0.4, -0.2) is 4.98 Å². The van der Waals surface area contributed by atoms with E-state index in [0.29, 0.717) is 10.6 Å². The average Bonchev–Trinajstić information content (AvgIpc) is 2.46. The average molecular weight is 287 g/mol. The topological polar surface area (TPSA) is 38.9 Å². The van der Waals surface area contributed by atoms with Crippen LogP contribution in [0, 0.1) is 5.82 Å². The number of rotatable bonds is 2. The molecular weight excluding hydrogens is 275 g/mol. The molecule has 2 N–H and O–H groups in total. The summed E-state index contributed by atoms with van der Waals surface area (Å²) in [6.07, 6.45) is 1.74. The van der Waals surface area contributed by atoms with E-state index in [1.807, 2.05) is 30.3 Å². The molecule has 1 unspecified atom stereocenters. The number of hydrogen-bond acceptors (Lipinski definition) is 2. The van der Waals surface area contributed by atoms with Crippen LogP contribution < -0.4 is 5.73 Å². The van der Waals surface area contributed by atoms with Gasteiger partial charge in [-0.3, -0.25) is 4.98 Å². The van der Waals surface area contributed by atoms with Crippen LogP contribution in [-0.2, 0) is 0 Å². The van der Waals surface area contributed by atoms with Gasteiger partial charge in [0.25, 0.3) is 0 Å². The lowest BCUT2D eigenvalue weighted by atomic mass is 9.98. The highest BCUT2D eigenvalue weighted by Crippen LogP contribution is 2.26. The molecule has 20 heavy (non-hydrogen) atoms. The summed E-state index contributed by atoms with van der Waals surface area (Å²) >= 11 is 5.76. The second-order valence-corrected chi connectivity index (χ2v) is 5.04. The van der Waals surface area contributed by atoms with Crippen molar-refractivity contribution in [2.75, 3.05) is 0 Å². The molecule has 0 saturated heterocycles. The van der Waals surface area contributed by atoms with E-state index in [4.69, 9.17) is 17.3 Å². The van der Waals surface area contributed by atoms with Gasteiger partial charge in [0.05, 0.1) is 11.6 Å². The number of pyridine rings is 1. The molecule has 0 bridgehead atoms. The van der Waals surface area contributed by atoms with Gasteiger partial charge in [0, 0.05) is 22.2 Å². The number of halogens is 2. The van der Waals surface area contributed by atoms with E-state index in [1.54, 1.807) is 18.3 Å². The van der Waals surface area contributed by atoms with Crippen molar-refractivity contribution in [2.24, 2.45) is 5.73 Å². The fraction of sp³-hybridized carbons (Fsp3) is 0.0625. The maximum absolute atomic E-state index is 13.9. The van der Waals surface area contributed by atoms with Gasteiger partial charge in [-0.1, -0.05) is 29.8 Å². The fourth-order valence-electron chi connectivity index (χ4n) is 2.22. The molecule has 2 aromatic carbocycles. The molecule has 0 aliphatic heterocycles. The Labute approximate surface area is 121 Å². The molecule has 0 amide bonds. The smallest absolute Gasteiger partial charge is 0.129 e. The first-order valence-electron chi connectivity index (χ1n) is 6.20. The van der Waals surface area contributed by atoms with E-state index < -0.39 is 11.9 Å². The van der Waals surface area contributed by atoms with Crippen molar-refractivity contribution in [1.29, 1.82) is 0 Å². The predicted molar refractivity (Wildman–Crippen MR) is 79.2 cm³/mol. The van der Waals surface area contributed by atoms with Gasteiger partial charge in [-0.25, -0.2) is 4.39 Å². The van der Waals surface area contributed by atoms with Crippen molar-refractivity contribution in [3.05, 3.63) is 76.7 Å². The van der Waals surface area contributed by atoms with Crippen LogP contribution in [0.15, 0.2) is 54.7 Å². The Morgan fingerprint density at radius 1 is 1.10 bits per heavy atom. The first-order chi connectivity index (χ1) is 9.65. The fourth-order valence-corrected chi connectivity index (χ4v) is 2.38. The van der Waals surface area contributed by atoms with Gasteiger partial charge >= 0.3 is 0 Å².